The lowest BCUT2D eigenvalue weighted by Crippen LogP contribution is -2.20. The van der Waals surface area contributed by atoms with Gasteiger partial charge in [0.05, 0.1) is 0 Å². The molecule has 1 aliphatic rings. The van der Waals surface area contributed by atoms with Crippen LogP contribution in [0.3, 0.4) is 0 Å². The number of nitrogens with zero attached hydrogens (tertiary/aromatic N) is 3. The summed E-state index contributed by atoms with van der Waals surface area (Å²) in [5.74, 6) is 1.82. The first kappa shape index (κ1) is 26.1. The number of aromatic nitrogens is 3. The standard InChI is InChI=1S/C37H31N3O/c1-5-8-13-25(7-3)36-38-34(23-31-30-21-24(4)19-20-33(30)41-32(31)18-9-6-2)39-37(40-36)29-17-12-15-27-22-26-14-10-11-16-28(26)35(27)29/h5-21,23H,1,22H2,2-4H3/b9-6-,13-8-,25-7+,31-23?,32-18+. The highest BCUT2D eigenvalue weighted by atomic mass is 16.3. The maximum absolute atomic E-state index is 6.25. The van der Waals surface area contributed by atoms with Crippen molar-refractivity contribution < 1.29 is 4.42 Å². The molecular weight excluding hydrogens is 502 g/mol. The Hall–Kier alpha value is -5.09. The van der Waals surface area contributed by atoms with E-state index in [-0.39, 0.29) is 0 Å². The third-order valence-corrected chi connectivity index (χ3v) is 7.32. The number of rotatable bonds is 6. The molecule has 0 saturated carbocycles. The molecule has 0 bridgehead atoms. The summed E-state index contributed by atoms with van der Waals surface area (Å²) < 4.78 is 6.25. The zero-order valence-corrected chi connectivity index (χ0v) is 23.6. The van der Waals surface area contributed by atoms with E-state index in [4.69, 9.17) is 19.4 Å². The molecular formula is C37H31N3O. The summed E-state index contributed by atoms with van der Waals surface area (Å²) in [6.45, 7) is 9.90. The third kappa shape index (κ3) is 5.01. The second kappa shape index (κ2) is 11.2. The summed E-state index contributed by atoms with van der Waals surface area (Å²) in [4.78, 5) is 15.0. The van der Waals surface area contributed by atoms with Crippen molar-refractivity contribution in [1.29, 1.82) is 0 Å². The SMILES string of the molecule is C=C/C=C\C(=C/C)c1nc(C=c2/c(=C\C=C/C)oc3ccc(C)cc23)nc(-c2cccc3c2-c2ccccc2C3)n1. The number of aryl methyl sites for hydroxylation is 1. The number of allylic oxidation sites excluding steroid dienone is 7. The number of benzene rings is 3. The van der Waals surface area contributed by atoms with Crippen LogP contribution in [-0.4, -0.2) is 15.0 Å². The molecule has 4 heteroatoms. The van der Waals surface area contributed by atoms with E-state index in [0.29, 0.717) is 17.5 Å². The predicted molar refractivity (Wildman–Crippen MR) is 170 cm³/mol. The van der Waals surface area contributed by atoms with Gasteiger partial charge in [-0.25, -0.2) is 15.0 Å². The number of hydrogen-bond acceptors (Lipinski definition) is 4. The highest BCUT2D eigenvalue weighted by molar-refractivity contribution is 5.89. The van der Waals surface area contributed by atoms with Crippen LogP contribution < -0.4 is 10.6 Å². The Labute approximate surface area is 240 Å². The van der Waals surface area contributed by atoms with Crippen molar-refractivity contribution in [3.63, 3.8) is 0 Å². The summed E-state index contributed by atoms with van der Waals surface area (Å²) in [6.07, 6.45) is 16.5. The summed E-state index contributed by atoms with van der Waals surface area (Å²) in [5, 5.41) is 1.97. The van der Waals surface area contributed by atoms with Gasteiger partial charge in [-0.05, 0) is 73.7 Å². The summed E-state index contributed by atoms with van der Waals surface area (Å²) in [7, 11) is 0. The van der Waals surface area contributed by atoms with E-state index in [9.17, 15) is 0 Å². The quantitative estimate of drug-likeness (QED) is 0.208. The van der Waals surface area contributed by atoms with Crippen LogP contribution >= 0.6 is 0 Å². The lowest BCUT2D eigenvalue weighted by atomic mass is 9.99. The van der Waals surface area contributed by atoms with E-state index in [1.165, 1.54) is 22.3 Å². The molecule has 0 spiro atoms. The molecule has 0 aliphatic heterocycles. The lowest BCUT2D eigenvalue weighted by Gasteiger charge is -2.11. The molecule has 4 nitrogen and oxygen atoms in total. The van der Waals surface area contributed by atoms with Crippen molar-refractivity contribution >= 4 is 28.7 Å². The van der Waals surface area contributed by atoms with E-state index < -0.39 is 0 Å². The van der Waals surface area contributed by atoms with E-state index in [1.807, 2.05) is 62.4 Å². The zero-order valence-electron chi connectivity index (χ0n) is 23.6. The zero-order chi connectivity index (χ0) is 28.3. The van der Waals surface area contributed by atoms with Gasteiger partial charge in [0.25, 0.3) is 0 Å². The van der Waals surface area contributed by atoms with Gasteiger partial charge in [0.15, 0.2) is 17.5 Å². The van der Waals surface area contributed by atoms with Gasteiger partial charge in [-0.3, -0.25) is 0 Å². The molecule has 2 aromatic heterocycles. The van der Waals surface area contributed by atoms with Gasteiger partial charge in [-0.15, -0.1) is 0 Å². The van der Waals surface area contributed by atoms with E-state index in [2.05, 4.69) is 68.1 Å². The average Bonchev–Trinajstić information content (AvgIpc) is 3.54. The Kier molecular flexibility index (Phi) is 7.13. The largest absolute Gasteiger partial charge is 0.456 e. The second-order valence-electron chi connectivity index (χ2n) is 10.1. The van der Waals surface area contributed by atoms with Crippen LogP contribution in [0.15, 0.2) is 108 Å². The molecule has 0 radical (unpaired) electrons. The molecule has 0 saturated heterocycles. The average molecular weight is 534 g/mol. The number of hydrogen-bond donors (Lipinski definition) is 0. The van der Waals surface area contributed by atoms with Gasteiger partial charge >= 0.3 is 0 Å². The highest BCUT2D eigenvalue weighted by Crippen LogP contribution is 2.42. The minimum atomic E-state index is 0.569. The van der Waals surface area contributed by atoms with Gasteiger partial charge in [0.1, 0.15) is 11.0 Å². The molecule has 0 N–H and O–H groups in total. The fourth-order valence-corrected chi connectivity index (χ4v) is 5.39. The van der Waals surface area contributed by atoms with Gasteiger partial charge in [0.2, 0.25) is 0 Å². The van der Waals surface area contributed by atoms with Gasteiger partial charge in [-0.1, -0.05) is 97.1 Å². The fraction of sp³-hybridized carbons (Fsp3) is 0.108. The number of fused-ring (bicyclic) bond motifs is 4. The van der Waals surface area contributed by atoms with Crippen LogP contribution in [-0.2, 0) is 6.42 Å². The Bertz CT molecular complexity index is 2020. The summed E-state index contributed by atoms with van der Waals surface area (Å²) in [6, 6.07) is 21.2. The van der Waals surface area contributed by atoms with Crippen LogP contribution in [0.5, 0.6) is 0 Å². The van der Waals surface area contributed by atoms with Crippen LogP contribution in [0.25, 0.3) is 51.2 Å². The Morgan fingerprint density at radius 3 is 2.56 bits per heavy atom. The molecule has 0 fully saturated rings. The molecule has 5 aromatic rings. The Morgan fingerprint density at radius 2 is 1.73 bits per heavy atom. The first-order valence-electron chi connectivity index (χ1n) is 13.9. The van der Waals surface area contributed by atoms with Crippen molar-refractivity contribution in [2.45, 2.75) is 27.2 Å². The molecule has 41 heavy (non-hydrogen) atoms. The van der Waals surface area contributed by atoms with Crippen molar-refractivity contribution in [3.8, 4) is 22.5 Å². The van der Waals surface area contributed by atoms with Crippen LogP contribution in [0.4, 0.5) is 0 Å². The van der Waals surface area contributed by atoms with E-state index in [1.54, 1.807) is 6.08 Å². The normalized spacial score (nSPS) is 14.0. The molecule has 0 amide bonds. The molecule has 200 valence electrons. The minimum absolute atomic E-state index is 0.569. The number of furan rings is 1. The third-order valence-electron chi connectivity index (χ3n) is 7.32. The van der Waals surface area contributed by atoms with Crippen molar-refractivity contribution in [2.75, 3.05) is 0 Å². The van der Waals surface area contributed by atoms with E-state index >= 15 is 0 Å². The molecule has 0 atom stereocenters. The van der Waals surface area contributed by atoms with Crippen molar-refractivity contribution in [2.24, 2.45) is 0 Å². The van der Waals surface area contributed by atoms with E-state index in [0.717, 1.165) is 44.7 Å². The van der Waals surface area contributed by atoms with Gasteiger partial charge in [0, 0.05) is 21.7 Å². The predicted octanol–water partition coefficient (Wildman–Crippen LogP) is 7.50. The second-order valence-corrected chi connectivity index (χ2v) is 10.1. The maximum atomic E-state index is 6.25. The maximum Gasteiger partial charge on any atom is 0.164 e. The Balaban J connectivity index is 1.64. The van der Waals surface area contributed by atoms with Crippen LogP contribution in [0.1, 0.15) is 42.2 Å². The summed E-state index contributed by atoms with van der Waals surface area (Å²) in [5.41, 5.74) is 9.69. The lowest BCUT2D eigenvalue weighted by molar-refractivity contribution is 0.575. The smallest absolute Gasteiger partial charge is 0.164 e. The molecule has 6 rings (SSSR count). The molecule has 3 aromatic carbocycles. The molecule has 0 unspecified atom stereocenters. The monoisotopic (exact) mass is 533 g/mol. The first-order valence-corrected chi connectivity index (χ1v) is 13.9. The minimum Gasteiger partial charge on any atom is -0.456 e. The fourth-order valence-electron chi connectivity index (χ4n) is 5.39. The van der Waals surface area contributed by atoms with Crippen molar-refractivity contribution in [3.05, 3.63) is 143 Å². The van der Waals surface area contributed by atoms with Gasteiger partial charge < -0.3 is 4.42 Å². The molecule has 2 heterocycles. The van der Waals surface area contributed by atoms with Crippen molar-refractivity contribution in [1.82, 2.24) is 15.0 Å². The first-order chi connectivity index (χ1) is 20.1. The summed E-state index contributed by atoms with van der Waals surface area (Å²) >= 11 is 0. The highest BCUT2D eigenvalue weighted by Gasteiger charge is 2.23. The Morgan fingerprint density at radius 1 is 0.902 bits per heavy atom. The van der Waals surface area contributed by atoms with Crippen LogP contribution in [0.2, 0.25) is 0 Å². The van der Waals surface area contributed by atoms with Crippen LogP contribution in [0, 0.1) is 6.92 Å². The van der Waals surface area contributed by atoms with Gasteiger partial charge in [-0.2, -0.15) is 0 Å². The molecule has 1 aliphatic carbocycles. The topological polar surface area (TPSA) is 51.8 Å².